The van der Waals surface area contributed by atoms with Crippen LogP contribution in [0.4, 0.5) is 5.69 Å². The second kappa shape index (κ2) is 6.72. The Hall–Kier alpha value is -1.59. The van der Waals surface area contributed by atoms with Gasteiger partial charge in [0.25, 0.3) is 0 Å². The van der Waals surface area contributed by atoms with Gasteiger partial charge in [0, 0.05) is 32.9 Å². The lowest BCUT2D eigenvalue weighted by atomic mass is 9.91. The lowest BCUT2D eigenvalue weighted by molar-refractivity contribution is -0.144. The summed E-state index contributed by atoms with van der Waals surface area (Å²) in [6, 6.07) is 7.60. The predicted octanol–water partition coefficient (Wildman–Crippen LogP) is 1.20. The number of carboxylic acid groups (broad SMARTS) is 1. The molecule has 1 aromatic rings. The molecule has 0 amide bonds. The molecule has 0 aliphatic rings. The topological polar surface area (TPSA) is 55.8 Å². The van der Waals surface area contributed by atoms with Crippen LogP contribution in [0.2, 0.25) is 0 Å². The van der Waals surface area contributed by atoms with Crippen molar-refractivity contribution < 1.29 is 9.90 Å². The van der Waals surface area contributed by atoms with Gasteiger partial charge in [-0.05, 0) is 38.7 Å². The Labute approximate surface area is 121 Å². The summed E-state index contributed by atoms with van der Waals surface area (Å²) < 4.78 is 0. The molecule has 2 N–H and O–H groups in total. The molecule has 5 heteroatoms. The highest BCUT2D eigenvalue weighted by atomic mass is 16.4. The van der Waals surface area contributed by atoms with E-state index in [2.05, 4.69) is 5.32 Å². The largest absolute Gasteiger partial charge is 0.480 e. The first kappa shape index (κ1) is 16.5. The number of carboxylic acids is 1. The number of hydrogen-bond donors (Lipinski definition) is 2. The number of nitrogens with one attached hydrogen (secondary N) is 1. The van der Waals surface area contributed by atoms with E-state index in [4.69, 9.17) is 0 Å². The van der Waals surface area contributed by atoms with Crippen molar-refractivity contribution in [3.8, 4) is 0 Å². The zero-order valence-corrected chi connectivity index (χ0v) is 13.0. The van der Waals surface area contributed by atoms with E-state index in [1.165, 1.54) is 0 Å². The molecule has 0 fully saturated rings. The molecule has 0 bridgehead atoms. The van der Waals surface area contributed by atoms with Gasteiger partial charge < -0.3 is 14.9 Å². The number of anilines is 1. The van der Waals surface area contributed by atoms with Crippen LogP contribution in [-0.2, 0) is 10.3 Å². The lowest BCUT2D eigenvalue weighted by Gasteiger charge is -2.28. The maximum Gasteiger partial charge on any atom is 0.328 e. The van der Waals surface area contributed by atoms with Crippen LogP contribution in [0.15, 0.2) is 24.3 Å². The number of benzene rings is 1. The molecule has 5 nitrogen and oxygen atoms in total. The van der Waals surface area contributed by atoms with Gasteiger partial charge >= 0.3 is 5.97 Å². The second-order valence-electron chi connectivity index (χ2n) is 5.60. The van der Waals surface area contributed by atoms with Gasteiger partial charge in [0.15, 0.2) is 0 Å². The molecule has 0 saturated carbocycles. The van der Waals surface area contributed by atoms with Crippen molar-refractivity contribution in [2.75, 3.05) is 46.2 Å². The molecule has 0 radical (unpaired) electrons. The fraction of sp³-hybridized carbons (Fsp3) is 0.533. The lowest BCUT2D eigenvalue weighted by Crippen LogP contribution is -2.48. The summed E-state index contributed by atoms with van der Waals surface area (Å²) in [4.78, 5) is 15.6. The first-order valence-corrected chi connectivity index (χ1v) is 6.68. The smallest absolute Gasteiger partial charge is 0.328 e. The monoisotopic (exact) mass is 279 g/mol. The number of likely N-dealkylation sites (N-methyl/N-ethyl adjacent to an activating group) is 1. The zero-order chi connectivity index (χ0) is 15.3. The normalized spacial score (nSPS) is 14.1. The highest BCUT2D eigenvalue weighted by Crippen LogP contribution is 2.23. The van der Waals surface area contributed by atoms with E-state index in [0.717, 1.165) is 17.8 Å². The Bertz CT molecular complexity index is 443. The van der Waals surface area contributed by atoms with Gasteiger partial charge in [0.1, 0.15) is 5.54 Å². The molecule has 1 aromatic carbocycles. The number of nitrogens with zero attached hydrogens (tertiary/aromatic N) is 2. The van der Waals surface area contributed by atoms with Crippen molar-refractivity contribution in [1.29, 1.82) is 0 Å². The molecule has 1 unspecified atom stereocenters. The Morgan fingerprint density at radius 3 is 2.15 bits per heavy atom. The molecule has 0 aromatic heterocycles. The van der Waals surface area contributed by atoms with Crippen molar-refractivity contribution in [3.05, 3.63) is 29.8 Å². The number of hydrogen-bond acceptors (Lipinski definition) is 4. The molecule has 1 atom stereocenters. The van der Waals surface area contributed by atoms with Crippen molar-refractivity contribution in [2.24, 2.45) is 0 Å². The third-order valence-electron chi connectivity index (χ3n) is 3.43. The maximum atomic E-state index is 11.6. The van der Waals surface area contributed by atoms with Crippen molar-refractivity contribution in [3.63, 3.8) is 0 Å². The van der Waals surface area contributed by atoms with Crippen LogP contribution in [0.5, 0.6) is 0 Å². The molecular weight excluding hydrogens is 254 g/mol. The molecule has 0 aliphatic heterocycles. The zero-order valence-electron chi connectivity index (χ0n) is 13.0. The Balaban J connectivity index is 2.91. The van der Waals surface area contributed by atoms with E-state index in [9.17, 15) is 9.90 Å². The SMILES string of the molecule is CN(C)CCNC(C)(C(=O)O)c1ccc(N(C)C)cc1. The van der Waals surface area contributed by atoms with E-state index in [0.29, 0.717) is 6.54 Å². The van der Waals surface area contributed by atoms with Crippen molar-refractivity contribution in [1.82, 2.24) is 10.2 Å². The molecule has 0 saturated heterocycles. The molecule has 0 spiro atoms. The van der Waals surface area contributed by atoms with E-state index in [-0.39, 0.29) is 0 Å². The van der Waals surface area contributed by atoms with Gasteiger partial charge in [-0.3, -0.25) is 5.32 Å². The number of aliphatic carboxylic acids is 1. The van der Waals surface area contributed by atoms with Gasteiger partial charge in [-0.1, -0.05) is 12.1 Å². The minimum atomic E-state index is -1.07. The summed E-state index contributed by atoms with van der Waals surface area (Å²) in [5.41, 5.74) is 0.741. The van der Waals surface area contributed by atoms with Gasteiger partial charge in [-0.25, -0.2) is 4.79 Å². The van der Waals surface area contributed by atoms with Crippen LogP contribution in [0.1, 0.15) is 12.5 Å². The van der Waals surface area contributed by atoms with Crippen LogP contribution in [0, 0.1) is 0 Å². The summed E-state index contributed by atoms with van der Waals surface area (Å²) >= 11 is 0. The van der Waals surface area contributed by atoms with Crippen LogP contribution in [-0.4, -0.2) is 57.3 Å². The minimum Gasteiger partial charge on any atom is -0.480 e. The van der Waals surface area contributed by atoms with Crippen LogP contribution in [0.25, 0.3) is 0 Å². The summed E-state index contributed by atoms with van der Waals surface area (Å²) in [5.74, 6) is -0.867. The van der Waals surface area contributed by atoms with E-state index in [1.807, 2.05) is 62.3 Å². The number of rotatable bonds is 7. The van der Waals surface area contributed by atoms with Crippen LogP contribution < -0.4 is 10.2 Å². The third-order valence-corrected chi connectivity index (χ3v) is 3.43. The van der Waals surface area contributed by atoms with Gasteiger partial charge in [0.05, 0.1) is 0 Å². The summed E-state index contributed by atoms with van der Waals surface area (Å²) in [6.45, 7) is 3.11. The first-order valence-electron chi connectivity index (χ1n) is 6.68. The summed E-state index contributed by atoms with van der Waals surface area (Å²) in [6.07, 6.45) is 0. The number of carbonyl (C=O) groups is 1. The van der Waals surface area contributed by atoms with E-state index < -0.39 is 11.5 Å². The fourth-order valence-electron chi connectivity index (χ4n) is 1.92. The first-order chi connectivity index (χ1) is 9.27. The Morgan fingerprint density at radius 1 is 1.20 bits per heavy atom. The average Bonchev–Trinajstić information content (AvgIpc) is 2.37. The summed E-state index contributed by atoms with van der Waals surface area (Å²) in [5, 5.41) is 12.7. The fourth-order valence-corrected chi connectivity index (χ4v) is 1.92. The van der Waals surface area contributed by atoms with Crippen LogP contribution in [0.3, 0.4) is 0 Å². The maximum absolute atomic E-state index is 11.6. The van der Waals surface area contributed by atoms with Crippen molar-refractivity contribution >= 4 is 11.7 Å². The van der Waals surface area contributed by atoms with E-state index in [1.54, 1.807) is 6.92 Å². The average molecular weight is 279 g/mol. The minimum absolute atomic E-state index is 0.616. The third kappa shape index (κ3) is 3.95. The highest BCUT2D eigenvalue weighted by molar-refractivity contribution is 5.80. The molecule has 0 aliphatic carbocycles. The second-order valence-corrected chi connectivity index (χ2v) is 5.60. The van der Waals surface area contributed by atoms with Gasteiger partial charge in [0.2, 0.25) is 0 Å². The van der Waals surface area contributed by atoms with Gasteiger partial charge in [-0.15, -0.1) is 0 Å². The molecular formula is C15H25N3O2. The predicted molar refractivity (Wildman–Crippen MR) is 82.3 cm³/mol. The van der Waals surface area contributed by atoms with Crippen molar-refractivity contribution in [2.45, 2.75) is 12.5 Å². The van der Waals surface area contributed by atoms with Crippen LogP contribution >= 0.6 is 0 Å². The van der Waals surface area contributed by atoms with Gasteiger partial charge in [-0.2, -0.15) is 0 Å². The standard InChI is InChI=1S/C15H25N3O2/c1-15(14(19)20,16-10-11-17(2)3)12-6-8-13(9-7-12)18(4)5/h6-9,16H,10-11H2,1-5H3,(H,19,20). The van der Waals surface area contributed by atoms with E-state index >= 15 is 0 Å². The molecule has 0 heterocycles. The summed E-state index contributed by atoms with van der Waals surface area (Å²) in [7, 11) is 7.85. The Kier molecular flexibility index (Phi) is 5.53. The molecule has 20 heavy (non-hydrogen) atoms. The quantitative estimate of drug-likeness (QED) is 0.785. The molecule has 112 valence electrons. The molecule has 1 rings (SSSR count). The highest BCUT2D eigenvalue weighted by Gasteiger charge is 2.34. The Morgan fingerprint density at radius 2 is 1.75 bits per heavy atom.